The van der Waals surface area contributed by atoms with Crippen molar-refractivity contribution in [2.75, 3.05) is 4.72 Å². The van der Waals surface area contributed by atoms with E-state index in [0.29, 0.717) is 11.3 Å². The number of carboxylic acid groups (broad SMARTS) is 1. The number of aromatic nitrogens is 2. The van der Waals surface area contributed by atoms with Gasteiger partial charge in [0.25, 0.3) is 10.0 Å². The van der Waals surface area contributed by atoms with Gasteiger partial charge in [-0.05, 0) is 18.1 Å². The van der Waals surface area contributed by atoms with Crippen LogP contribution in [0.25, 0.3) is 0 Å². The molecule has 0 radical (unpaired) electrons. The number of imidazole rings is 1. The number of para-hydroxylation sites is 1. The Bertz CT molecular complexity index is 752. The standard InChI is InChI=1S/C13H15N3O4S/c1-16-8-12(14-9-16)21(19,20)15-11-5-3-2-4-10(11)6-7-13(17)18/h2-5,8-9,15H,6-7H2,1H3,(H,17,18). The zero-order valence-corrected chi connectivity index (χ0v) is 12.2. The number of sulfonamides is 1. The minimum absolute atomic E-state index is 0.0671. The van der Waals surface area contributed by atoms with Crippen LogP contribution in [0.5, 0.6) is 0 Å². The van der Waals surface area contributed by atoms with E-state index >= 15 is 0 Å². The molecule has 0 aliphatic rings. The van der Waals surface area contributed by atoms with E-state index in [9.17, 15) is 13.2 Å². The molecule has 112 valence electrons. The Labute approximate surface area is 122 Å². The molecule has 0 aliphatic heterocycles. The van der Waals surface area contributed by atoms with Crippen molar-refractivity contribution in [2.45, 2.75) is 17.9 Å². The van der Waals surface area contributed by atoms with Crippen molar-refractivity contribution in [1.29, 1.82) is 0 Å². The maximum absolute atomic E-state index is 12.2. The van der Waals surface area contributed by atoms with Gasteiger partial charge in [-0.25, -0.2) is 4.98 Å². The molecule has 7 nitrogen and oxygen atoms in total. The highest BCUT2D eigenvalue weighted by atomic mass is 32.2. The lowest BCUT2D eigenvalue weighted by Crippen LogP contribution is -2.15. The molecule has 0 spiro atoms. The molecule has 0 unspecified atom stereocenters. The van der Waals surface area contributed by atoms with E-state index in [1.54, 1.807) is 31.3 Å². The zero-order chi connectivity index (χ0) is 15.5. The molecule has 8 heteroatoms. The highest BCUT2D eigenvalue weighted by Crippen LogP contribution is 2.20. The quantitative estimate of drug-likeness (QED) is 0.836. The number of aryl methyl sites for hydroxylation is 2. The molecule has 0 aliphatic carbocycles. The monoisotopic (exact) mass is 309 g/mol. The van der Waals surface area contributed by atoms with Crippen molar-refractivity contribution in [1.82, 2.24) is 9.55 Å². The van der Waals surface area contributed by atoms with Crippen molar-refractivity contribution >= 4 is 21.7 Å². The second kappa shape index (κ2) is 5.96. The average Bonchev–Trinajstić information content (AvgIpc) is 2.85. The van der Waals surface area contributed by atoms with E-state index in [4.69, 9.17) is 5.11 Å². The Morgan fingerprint density at radius 1 is 1.38 bits per heavy atom. The van der Waals surface area contributed by atoms with Gasteiger partial charge in [0.05, 0.1) is 12.0 Å². The van der Waals surface area contributed by atoms with Crippen LogP contribution in [0.2, 0.25) is 0 Å². The molecular weight excluding hydrogens is 294 g/mol. The van der Waals surface area contributed by atoms with Gasteiger partial charge in [0, 0.05) is 19.7 Å². The number of carbonyl (C=O) groups is 1. The molecule has 0 saturated carbocycles. The SMILES string of the molecule is Cn1cnc(S(=O)(=O)Nc2ccccc2CCC(=O)O)c1. The van der Waals surface area contributed by atoms with Crippen molar-refractivity contribution < 1.29 is 18.3 Å². The Morgan fingerprint density at radius 3 is 2.71 bits per heavy atom. The second-order valence-electron chi connectivity index (χ2n) is 4.53. The number of nitrogens with zero attached hydrogens (tertiary/aromatic N) is 2. The first kappa shape index (κ1) is 15.0. The van der Waals surface area contributed by atoms with Crippen LogP contribution in [0.15, 0.2) is 41.8 Å². The van der Waals surface area contributed by atoms with Crippen LogP contribution in [0.3, 0.4) is 0 Å². The van der Waals surface area contributed by atoms with Gasteiger partial charge >= 0.3 is 5.97 Å². The fraction of sp³-hybridized carbons (Fsp3) is 0.231. The maximum atomic E-state index is 12.2. The summed E-state index contributed by atoms with van der Waals surface area (Å²) < 4.78 is 28.4. The van der Waals surface area contributed by atoms with Crippen LogP contribution in [0, 0.1) is 0 Å². The number of aliphatic carboxylic acids is 1. The Balaban J connectivity index is 2.25. The van der Waals surface area contributed by atoms with E-state index in [0.717, 1.165) is 0 Å². The van der Waals surface area contributed by atoms with Gasteiger partial charge in [-0.1, -0.05) is 18.2 Å². The Morgan fingerprint density at radius 2 is 2.10 bits per heavy atom. The first-order valence-electron chi connectivity index (χ1n) is 6.19. The molecule has 0 atom stereocenters. The van der Waals surface area contributed by atoms with Gasteiger partial charge in [0.15, 0.2) is 5.03 Å². The van der Waals surface area contributed by atoms with E-state index in [2.05, 4.69) is 9.71 Å². The summed E-state index contributed by atoms with van der Waals surface area (Å²) in [7, 11) is -2.11. The lowest BCUT2D eigenvalue weighted by Gasteiger charge is -2.10. The molecule has 2 aromatic rings. The molecule has 2 rings (SSSR count). The fourth-order valence-corrected chi connectivity index (χ4v) is 2.89. The number of hydrogen-bond acceptors (Lipinski definition) is 4. The summed E-state index contributed by atoms with van der Waals surface area (Å²) in [5.74, 6) is -0.933. The predicted molar refractivity (Wildman–Crippen MR) is 76.4 cm³/mol. The van der Waals surface area contributed by atoms with Gasteiger partial charge in [0.2, 0.25) is 0 Å². The third-order valence-corrected chi connectivity index (χ3v) is 4.08. The van der Waals surface area contributed by atoms with Crippen molar-refractivity contribution in [2.24, 2.45) is 7.05 Å². The summed E-state index contributed by atoms with van der Waals surface area (Å²) >= 11 is 0. The number of rotatable bonds is 6. The predicted octanol–water partition coefficient (Wildman–Crippen LogP) is 1.24. The van der Waals surface area contributed by atoms with Crippen LogP contribution in [0.4, 0.5) is 5.69 Å². The van der Waals surface area contributed by atoms with Crippen LogP contribution in [0.1, 0.15) is 12.0 Å². The molecule has 0 amide bonds. The summed E-state index contributed by atoms with van der Waals surface area (Å²) in [5.41, 5.74) is 0.990. The number of benzene rings is 1. The number of anilines is 1. The third kappa shape index (κ3) is 3.82. The first-order valence-corrected chi connectivity index (χ1v) is 7.67. The summed E-state index contributed by atoms with van der Waals surface area (Å²) in [5, 5.41) is 8.64. The van der Waals surface area contributed by atoms with E-state index in [-0.39, 0.29) is 17.9 Å². The molecule has 1 aromatic carbocycles. The smallest absolute Gasteiger partial charge is 0.303 e. The molecule has 1 aromatic heterocycles. The topological polar surface area (TPSA) is 101 Å². The molecule has 21 heavy (non-hydrogen) atoms. The van der Waals surface area contributed by atoms with Gasteiger partial charge in [-0.3, -0.25) is 9.52 Å². The van der Waals surface area contributed by atoms with Crippen LogP contribution in [-0.4, -0.2) is 29.0 Å². The zero-order valence-electron chi connectivity index (χ0n) is 11.4. The number of nitrogens with one attached hydrogen (secondary N) is 1. The minimum atomic E-state index is -3.78. The molecule has 0 fully saturated rings. The van der Waals surface area contributed by atoms with Gasteiger partial charge in [0.1, 0.15) is 0 Å². The Kier molecular flexibility index (Phi) is 4.27. The molecule has 1 heterocycles. The largest absolute Gasteiger partial charge is 0.481 e. The molecular formula is C13H15N3O4S. The van der Waals surface area contributed by atoms with Gasteiger partial charge < -0.3 is 9.67 Å². The third-order valence-electron chi connectivity index (χ3n) is 2.83. The lowest BCUT2D eigenvalue weighted by molar-refractivity contribution is -0.136. The molecule has 0 saturated heterocycles. The summed E-state index contributed by atoms with van der Waals surface area (Å²) in [6, 6.07) is 6.70. The van der Waals surface area contributed by atoms with Crippen LogP contribution >= 0.6 is 0 Å². The van der Waals surface area contributed by atoms with Gasteiger partial charge in [-0.2, -0.15) is 8.42 Å². The summed E-state index contributed by atoms with van der Waals surface area (Å²) in [6.45, 7) is 0. The van der Waals surface area contributed by atoms with Crippen LogP contribution < -0.4 is 4.72 Å². The van der Waals surface area contributed by atoms with Crippen LogP contribution in [-0.2, 0) is 28.3 Å². The minimum Gasteiger partial charge on any atom is -0.481 e. The number of hydrogen-bond donors (Lipinski definition) is 2. The maximum Gasteiger partial charge on any atom is 0.303 e. The van der Waals surface area contributed by atoms with E-state index in [1.165, 1.54) is 17.1 Å². The van der Waals surface area contributed by atoms with E-state index in [1.807, 2.05) is 0 Å². The Hall–Kier alpha value is -2.35. The average molecular weight is 309 g/mol. The number of carboxylic acids is 1. The van der Waals surface area contributed by atoms with Crippen molar-refractivity contribution in [3.63, 3.8) is 0 Å². The van der Waals surface area contributed by atoms with Crippen molar-refractivity contribution in [3.05, 3.63) is 42.4 Å². The highest BCUT2D eigenvalue weighted by Gasteiger charge is 2.18. The first-order chi connectivity index (χ1) is 9.88. The second-order valence-corrected chi connectivity index (χ2v) is 6.16. The summed E-state index contributed by atoms with van der Waals surface area (Å²) in [6.07, 6.45) is 2.96. The fourth-order valence-electron chi connectivity index (χ4n) is 1.80. The highest BCUT2D eigenvalue weighted by molar-refractivity contribution is 7.92. The normalized spacial score (nSPS) is 11.3. The lowest BCUT2D eigenvalue weighted by atomic mass is 10.1. The summed E-state index contributed by atoms with van der Waals surface area (Å²) in [4.78, 5) is 14.4. The molecule has 0 bridgehead atoms. The van der Waals surface area contributed by atoms with E-state index < -0.39 is 16.0 Å². The van der Waals surface area contributed by atoms with Gasteiger partial charge in [-0.15, -0.1) is 0 Å². The molecule has 2 N–H and O–H groups in total. The van der Waals surface area contributed by atoms with Crippen molar-refractivity contribution in [3.8, 4) is 0 Å².